The summed E-state index contributed by atoms with van der Waals surface area (Å²) in [5, 5.41) is 87.7. The van der Waals surface area contributed by atoms with Gasteiger partial charge in [0.1, 0.15) is 78.8 Å². The van der Waals surface area contributed by atoms with E-state index in [9.17, 15) is 50.4 Å². The number of hydrogen-bond acceptors (Lipinski definition) is 21. The van der Waals surface area contributed by atoms with E-state index in [2.05, 4.69) is 54.5 Å². The van der Waals surface area contributed by atoms with Gasteiger partial charge in [0, 0.05) is 25.4 Å². The lowest BCUT2D eigenvalue weighted by molar-refractivity contribution is -0.377. The highest BCUT2D eigenvalue weighted by Crippen LogP contribution is 2.77. The smallest absolute Gasteiger partial charge is 0.314 e. The average Bonchev–Trinajstić information content (AvgIpc) is 3.95. The maximum Gasteiger partial charge on any atom is 0.314 e. The molecule has 8 N–H and O–H groups in total. The lowest BCUT2D eigenvalue weighted by atomic mass is 9.41. The minimum absolute atomic E-state index is 0.131. The van der Waals surface area contributed by atoms with E-state index < -0.39 is 145 Å². The molecule has 5 saturated heterocycles. The van der Waals surface area contributed by atoms with Crippen molar-refractivity contribution in [2.24, 2.45) is 51.2 Å². The van der Waals surface area contributed by atoms with Crippen LogP contribution in [0.1, 0.15) is 127 Å². The molecule has 9 rings (SSSR count). The monoisotopic (exact) mass is 1100 g/mol. The minimum Gasteiger partial charge on any atom is -0.462 e. The Morgan fingerprint density at radius 2 is 1.43 bits per heavy atom. The number of methoxy groups -OCH3 is 1. The van der Waals surface area contributed by atoms with Gasteiger partial charge >= 0.3 is 11.9 Å². The van der Waals surface area contributed by atoms with Gasteiger partial charge in [0.05, 0.1) is 49.5 Å². The molecule has 0 bridgehead atoms. The van der Waals surface area contributed by atoms with Crippen molar-refractivity contribution in [3.8, 4) is 0 Å². The summed E-state index contributed by atoms with van der Waals surface area (Å²) in [7, 11) is 1.25. The second-order valence-electron chi connectivity index (χ2n) is 25.9. The zero-order valence-corrected chi connectivity index (χ0v) is 46.8. The third-order valence-corrected chi connectivity index (χ3v) is 20.5. The number of carbonyl (C=O) groups excluding carboxylic acids is 2. The Morgan fingerprint density at radius 1 is 0.766 bits per heavy atom. The van der Waals surface area contributed by atoms with Crippen molar-refractivity contribution in [3.63, 3.8) is 0 Å². The summed E-state index contributed by atoms with van der Waals surface area (Å²) in [5.74, 6) is -0.820. The van der Waals surface area contributed by atoms with Gasteiger partial charge in [-0.3, -0.25) is 9.59 Å². The Bertz CT molecular complexity index is 2130. The zero-order valence-electron chi connectivity index (χ0n) is 46.8. The van der Waals surface area contributed by atoms with Gasteiger partial charge in [-0.25, -0.2) is 0 Å². The van der Waals surface area contributed by atoms with Gasteiger partial charge in [0.2, 0.25) is 0 Å². The Hall–Kier alpha value is -2.00. The number of carbonyl (C=O) groups is 2. The molecule has 77 heavy (non-hydrogen) atoms. The van der Waals surface area contributed by atoms with Crippen LogP contribution in [0.4, 0.5) is 0 Å². The highest BCUT2D eigenvalue weighted by Gasteiger charge is 2.79. The SMILES string of the molecule is CO[C@@H]1[C@@H](O)[C@H](O[C@@H]2[C@@H](O)[C@H](O[C@H]3[C@H](O)[C@@H](C)[C@H](O[C@H]4[C@H](O[C@H]5CC[C@]6(C)C7CC[C@]89C(=O)O[C@@](C)(CCCC(C)C)[C@H]8[C@H](OC(C)=O)C[C@@]9(C)C7=CCC6C5(C)C)OC[C@@H](O)[C@@H]4O)O[C@@H]3C)OC[C@H]2O)O[C@H](CO)[C@H]1O. The summed E-state index contributed by atoms with van der Waals surface area (Å²) in [4.78, 5) is 27.4. The fourth-order valence-corrected chi connectivity index (χ4v) is 16.5. The molecule has 5 heterocycles. The lowest BCUT2D eigenvalue weighted by Crippen LogP contribution is -2.64. The molecule has 0 aromatic rings. The van der Waals surface area contributed by atoms with Crippen molar-refractivity contribution >= 4 is 11.9 Å². The maximum absolute atomic E-state index is 14.7. The van der Waals surface area contributed by atoms with Gasteiger partial charge in [-0.2, -0.15) is 0 Å². The molecule has 440 valence electrons. The third kappa shape index (κ3) is 10.1. The van der Waals surface area contributed by atoms with Crippen molar-refractivity contribution in [2.45, 2.75) is 249 Å². The van der Waals surface area contributed by atoms with Crippen LogP contribution in [0.25, 0.3) is 0 Å². The largest absolute Gasteiger partial charge is 0.462 e. The Morgan fingerprint density at radius 3 is 2.10 bits per heavy atom. The van der Waals surface area contributed by atoms with Crippen LogP contribution in [-0.2, 0) is 61.7 Å². The molecule has 8 fully saturated rings. The summed E-state index contributed by atoms with van der Waals surface area (Å²) in [6.45, 7) is 19.0. The number of aliphatic hydroxyl groups excluding tert-OH is 8. The van der Waals surface area contributed by atoms with E-state index in [0.717, 1.165) is 32.1 Å². The summed E-state index contributed by atoms with van der Waals surface area (Å²) in [6.07, 6.45) is -14.4. The fraction of sp³-hybridized carbons (Fsp3) is 0.929. The van der Waals surface area contributed by atoms with Crippen LogP contribution < -0.4 is 0 Å². The van der Waals surface area contributed by atoms with E-state index in [1.54, 1.807) is 13.8 Å². The van der Waals surface area contributed by atoms with Crippen LogP contribution in [0.2, 0.25) is 0 Å². The first-order valence-electron chi connectivity index (χ1n) is 28.4. The highest BCUT2D eigenvalue weighted by molar-refractivity contribution is 5.84. The number of rotatable bonds is 15. The van der Waals surface area contributed by atoms with Gasteiger partial charge < -0.3 is 93.0 Å². The Balaban J connectivity index is 0.874. The second-order valence-corrected chi connectivity index (χ2v) is 25.9. The average molecular weight is 1100 g/mol. The van der Waals surface area contributed by atoms with E-state index in [1.165, 1.54) is 19.6 Å². The molecule has 21 heteroatoms. The van der Waals surface area contributed by atoms with Gasteiger partial charge in [0.25, 0.3) is 0 Å². The Labute approximate surface area is 452 Å². The summed E-state index contributed by atoms with van der Waals surface area (Å²) >= 11 is 0. The summed E-state index contributed by atoms with van der Waals surface area (Å²) in [5.41, 5.74) is -1.51. The first-order valence-corrected chi connectivity index (χ1v) is 28.4. The molecule has 0 aromatic heterocycles. The van der Waals surface area contributed by atoms with Crippen molar-refractivity contribution < 1.29 is 103 Å². The highest BCUT2D eigenvalue weighted by atomic mass is 16.8. The molecule has 0 amide bonds. The molecule has 1 spiro atoms. The molecule has 5 aliphatic heterocycles. The number of ether oxygens (including phenoxy) is 11. The van der Waals surface area contributed by atoms with E-state index in [-0.39, 0.29) is 54.4 Å². The van der Waals surface area contributed by atoms with Crippen LogP contribution in [0.15, 0.2) is 11.6 Å². The van der Waals surface area contributed by atoms with Crippen molar-refractivity contribution in [1.82, 2.24) is 0 Å². The molecule has 9 aliphatic rings. The maximum atomic E-state index is 14.7. The van der Waals surface area contributed by atoms with Crippen molar-refractivity contribution in [2.75, 3.05) is 26.9 Å². The molecule has 2 unspecified atom stereocenters. The lowest BCUT2D eigenvalue weighted by Gasteiger charge is -2.64. The second kappa shape index (κ2) is 22.3. The first kappa shape index (κ1) is 59.6. The zero-order chi connectivity index (χ0) is 56.1. The van der Waals surface area contributed by atoms with Gasteiger partial charge in [-0.05, 0) is 93.8 Å². The standard InChI is InChI=1S/C56H90O21/c1-25(2)13-12-18-55(10)46-33(71-28(5)58)21-54(9)30-14-15-35-52(6,7)36(17-19-53(35,8)29(30)16-20-56(46,54)51(66)77-55)73-50-45(38(62)31(59)23-69-50)76-47-26(3)37(61)42(27(4)70-47)74-48-40(64)43(32(60)24-68-48)75-49-41(65)44(67-11)39(63)34(22-57)72-49/h14,25-27,29,31-50,57,59-65H,12-13,15-24H2,1-11H3/t26-,27-,29?,31-,32-,33-,34-,35?,36+,37-,38+,39-,40-,41-,42-,43+,44+,45-,46-,47+,48+,49+,50+,53-,54+,55+,56-/m1/s1. The van der Waals surface area contributed by atoms with Crippen LogP contribution in [0.3, 0.4) is 0 Å². The summed E-state index contributed by atoms with van der Waals surface area (Å²) in [6, 6.07) is 0. The Kier molecular flexibility index (Phi) is 17.3. The van der Waals surface area contributed by atoms with Crippen LogP contribution in [-0.4, -0.2) is 202 Å². The number of cyclic esters (lactones) is 1. The number of aliphatic hydroxyl groups is 8. The third-order valence-electron chi connectivity index (χ3n) is 20.5. The molecule has 27 atom stereocenters. The van der Waals surface area contributed by atoms with Crippen LogP contribution >= 0.6 is 0 Å². The molecule has 0 aromatic carbocycles. The fourth-order valence-electron chi connectivity index (χ4n) is 16.5. The van der Waals surface area contributed by atoms with Crippen LogP contribution in [0, 0.1) is 51.2 Å². The number of fused-ring (bicyclic) bond motifs is 4. The van der Waals surface area contributed by atoms with E-state index in [4.69, 9.17) is 52.1 Å². The van der Waals surface area contributed by atoms with Gasteiger partial charge in [0.15, 0.2) is 25.2 Å². The predicted octanol–water partition coefficient (Wildman–Crippen LogP) is 2.15. The van der Waals surface area contributed by atoms with Crippen LogP contribution in [0.5, 0.6) is 0 Å². The van der Waals surface area contributed by atoms with E-state index in [0.29, 0.717) is 31.6 Å². The number of esters is 2. The van der Waals surface area contributed by atoms with E-state index >= 15 is 0 Å². The van der Waals surface area contributed by atoms with Crippen molar-refractivity contribution in [3.05, 3.63) is 11.6 Å². The quantitative estimate of drug-likeness (QED) is 0.0861. The van der Waals surface area contributed by atoms with E-state index in [1.807, 2.05) is 0 Å². The summed E-state index contributed by atoms with van der Waals surface area (Å²) < 4.78 is 67.1. The molecule has 3 saturated carbocycles. The normalized spacial score (nSPS) is 51.5. The molecule has 21 nitrogen and oxygen atoms in total. The minimum atomic E-state index is -1.70. The first-order chi connectivity index (χ1) is 36.2. The number of hydrogen-bond donors (Lipinski definition) is 8. The van der Waals surface area contributed by atoms with Gasteiger partial charge in [-0.1, -0.05) is 66.5 Å². The molecule has 4 aliphatic carbocycles. The molecule has 0 radical (unpaired) electrons. The molecular weight excluding hydrogens is 1010 g/mol. The molecular formula is C56H90O21. The van der Waals surface area contributed by atoms with Crippen molar-refractivity contribution in [1.29, 1.82) is 0 Å². The van der Waals surface area contributed by atoms with Gasteiger partial charge in [-0.15, -0.1) is 0 Å². The topological polar surface area (TPSA) is 298 Å². The predicted molar refractivity (Wildman–Crippen MR) is 268 cm³/mol. The number of allylic oxidation sites excluding steroid dienone is 2.